The molecule has 2 N–H and O–H groups in total. The van der Waals surface area contributed by atoms with Crippen molar-refractivity contribution in [3.63, 3.8) is 0 Å². The molecule has 0 aromatic heterocycles. The number of ether oxygens (including phenoxy) is 1. The third kappa shape index (κ3) is 4.82. The minimum absolute atomic E-state index is 0.141. The second kappa shape index (κ2) is 6.89. The molecule has 0 amide bonds. The molecule has 0 bridgehead atoms. The largest absolute Gasteiger partial charge is 0.491 e. The van der Waals surface area contributed by atoms with E-state index in [0.29, 0.717) is 19.1 Å². The van der Waals surface area contributed by atoms with Crippen LogP contribution in [0.25, 0.3) is 0 Å². The maximum Gasteiger partial charge on any atom is 0.119 e. The van der Waals surface area contributed by atoms with Crippen LogP contribution in [0.15, 0.2) is 24.3 Å². The fraction of sp³-hybridized carbons (Fsp3) is 0.600. The van der Waals surface area contributed by atoms with Gasteiger partial charge in [0.1, 0.15) is 18.5 Å². The third-order valence-corrected chi connectivity index (χ3v) is 3.36. The van der Waals surface area contributed by atoms with Gasteiger partial charge in [-0.3, -0.25) is 4.90 Å². The summed E-state index contributed by atoms with van der Waals surface area (Å²) < 4.78 is 5.56. The molecule has 0 spiro atoms. The van der Waals surface area contributed by atoms with Crippen molar-refractivity contribution in [1.82, 2.24) is 4.90 Å². The van der Waals surface area contributed by atoms with Crippen molar-refractivity contribution in [2.75, 3.05) is 26.3 Å². The molecule has 1 aromatic rings. The van der Waals surface area contributed by atoms with Gasteiger partial charge in [-0.1, -0.05) is 17.7 Å². The van der Waals surface area contributed by atoms with Gasteiger partial charge >= 0.3 is 0 Å². The minimum Gasteiger partial charge on any atom is -0.491 e. The van der Waals surface area contributed by atoms with Gasteiger partial charge in [0.15, 0.2) is 0 Å². The lowest BCUT2D eigenvalue weighted by molar-refractivity contribution is 0.0588. The summed E-state index contributed by atoms with van der Waals surface area (Å²) in [7, 11) is 0. The number of aliphatic hydroxyl groups excluding tert-OH is 2. The predicted octanol–water partition coefficient (Wildman–Crippen LogP) is 1.19. The van der Waals surface area contributed by atoms with E-state index in [1.54, 1.807) is 0 Å². The second-order valence-electron chi connectivity index (χ2n) is 5.23. The SMILES string of the molecule is Cc1ccc(OCC(O)CN(CCO)C2CC2)cc1. The summed E-state index contributed by atoms with van der Waals surface area (Å²) in [5, 5.41) is 19.0. The molecule has 1 saturated carbocycles. The van der Waals surface area contributed by atoms with E-state index in [9.17, 15) is 5.11 Å². The topological polar surface area (TPSA) is 52.9 Å². The Labute approximate surface area is 114 Å². The number of aliphatic hydroxyl groups is 2. The van der Waals surface area contributed by atoms with E-state index in [2.05, 4.69) is 4.90 Å². The monoisotopic (exact) mass is 265 g/mol. The van der Waals surface area contributed by atoms with Crippen LogP contribution in [0.5, 0.6) is 5.75 Å². The number of benzene rings is 1. The molecule has 1 unspecified atom stereocenters. The summed E-state index contributed by atoms with van der Waals surface area (Å²) in [6.45, 7) is 3.66. The molecule has 4 nitrogen and oxygen atoms in total. The van der Waals surface area contributed by atoms with E-state index in [4.69, 9.17) is 9.84 Å². The summed E-state index contributed by atoms with van der Waals surface area (Å²) in [5.41, 5.74) is 1.19. The average Bonchev–Trinajstić information content (AvgIpc) is 3.22. The summed E-state index contributed by atoms with van der Waals surface area (Å²) in [4.78, 5) is 2.14. The highest BCUT2D eigenvalue weighted by atomic mass is 16.5. The lowest BCUT2D eigenvalue weighted by Crippen LogP contribution is -2.38. The van der Waals surface area contributed by atoms with Gasteiger partial charge in [0.25, 0.3) is 0 Å². The van der Waals surface area contributed by atoms with Crippen LogP contribution < -0.4 is 4.74 Å². The van der Waals surface area contributed by atoms with Crippen LogP contribution in [0.3, 0.4) is 0 Å². The zero-order valence-electron chi connectivity index (χ0n) is 11.5. The maximum atomic E-state index is 9.99. The normalized spacial score (nSPS) is 16.6. The molecule has 0 saturated heterocycles. The first kappa shape index (κ1) is 14.3. The fourth-order valence-corrected chi connectivity index (χ4v) is 2.14. The van der Waals surface area contributed by atoms with Crippen molar-refractivity contribution in [1.29, 1.82) is 0 Å². The van der Waals surface area contributed by atoms with Crippen LogP contribution in [0.2, 0.25) is 0 Å². The van der Waals surface area contributed by atoms with Gasteiger partial charge in [0.05, 0.1) is 6.61 Å². The highest BCUT2D eigenvalue weighted by Gasteiger charge is 2.29. The van der Waals surface area contributed by atoms with E-state index >= 15 is 0 Å². The van der Waals surface area contributed by atoms with Crippen LogP contribution >= 0.6 is 0 Å². The van der Waals surface area contributed by atoms with Gasteiger partial charge in [-0.05, 0) is 31.9 Å². The maximum absolute atomic E-state index is 9.99. The van der Waals surface area contributed by atoms with Gasteiger partial charge in [0, 0.05) is 19.1 Å². The second-order valence-corrected chi connectivity index (χ2v) is 5.23. The lowest BCUT2D eigenvalue weighted by Gasteiger charge is -2.24. The molecule has 0 radical (unpaired) electrons. The van der Waals surface area contributed by atoms with Gasteiger partial charge in [-0.25, -0.2) is 0 Å². The molecule has 1 fully saturated rings. The van der Waals surface area contributed by atoms with E-state index in [1.807, 2.05) is 31.2 Å². The van der Waals surface area contributed by atoms with E-state index in [-0.39, 0.29) is 13.2 Å². The van der Waals surface area contributed by atoms with Crippen LogP contribution in [0.4, 0.5) is 0 Å². The highest BCUT2D eigenvalue weighted by molar-refractivity contribution is 5.26. The Morgan fingerprint density at radius 1 is 1.32 bits per heavy atom. The van der Waals surface area contributed by atoms with Crippen LogP contribution in [0.1, 0.15) is 18.4 Å². The molecule has 1 aliphatic carbocycles. The Hall–Kier alpha value is -1.10. The summed E-state index contributed by atoms with van der Waals surface area (Å²) in [6, 6.07) is 8.35. The fourth-order valence-electron chi connectivity index (χ4n) is 2.14. The average molecular weight is 265 g/mol. The number of nitrogens with zero attached hydrogens (tertiary/aromatic N) is 1. The van der Waals surface area contributed by atoms with Gasteiger partial charge < -0.3 is 14.9 Å². The summed E-state index contributed by atoms with van der Waals surface area (Å²) >= 11 is 0. The molecule has 106 valence electrons. The van der Waals surface area contributed by atoms with Crippen LogP contribution in [-0.4, -0.2) is 53.6 Å². The van der Waals surface area contributed by atoms with Crippen molar-refractivity contribution < 1.29 is 14.9 Å². The molecule has 4 heteroatoms. The molecule has 0 aliphatic heterocycles. The molecule has 1 atom stereocenters. The summed E-state index contributed by atoms with van der Waals surface area (Å²) in [6.07, 6.45) is 1.82. The predicted molar refractivity (Wildman–Crippen MR) is 74.4 cm³/mol. The number of rotatable bonds is 8. The number of hydrogen-bond donors (Lipinski definition) is 2. The molecular formula is C15H23NO3. The molecule has 0 heterocycles. The van der Waals surface area contributed by atoms with E-state index in [1.165, 1.54) is 18.4 Å². The van der Waals surface area contributed by atoms with Crippen molar-refractivity contribution in [2.24, 2.45) is 0 Å². The van der Waals surface area contributed by atoms with Crippen molar-refractivity contribution >= 4 is 0 Å². The number of hydrogen-bond acceptors (Lipinski definition) is 4. The number of aryl methyl sites for hydroxylation is 1. The Morgan fingerprint density at radius 2 is 2.00 bits per heavy atom. The first-order valence-electron chi connectivity index (χ1n) is 6.91. The molecule has 1 aromatic carbocycles. The van der Waals surface area contributed by atoms with Crippen molar-refractivity contribution in [3.05, 3.63) is 29.8 Å². The van der Waals surface area contributed by atoms with Crippen molar-refractivity contribution in [2.45, 2.75) is 31.9 Å². The Kier molecular flexibility index (Phi) is 5.19. The minimum atomic E-state index is -0.520. The standard InChI is InChI=1S/C15H23NO3/c1-12-2-6-15(7-3-12)19-11-14(18)10-16(8-9-17)13-4-5-13/h2-3,6-7,13-14,17-18H,4-5,8-11H2,1H3. The van der Waals surface area contributed by atoms with Gasteiger partial charge in [-0.15, -0.1) is 0 Å². The Morgan fingerprint density at radius 3 is 2.58 bits per heavy atom. The molecule has 1 aliphatic rings. The molecule has 2 rings (SSSR count). The van der Waals surface area contributed by atoms with Crippen LogP contribution in [-0.2, 0) is 0 Å². The molecular weight excluding hydrogens is 242 g/mol. The Balaban J connectivity index is 1.73. The lowest BCUT2D eigenvalue weighted by atomic mass is 10.2. The van der Waals surface area contributed by atoms with E-state index < -0.39 is 6.10 Å². The Bertz CT molecular complexity index is 375. The van der Waals surface area contributed by atoms with Gasteiger partial charge in [0.2, 0.25) is 0 Å². The summed E-state index contributed by atoms with van der Waals surface area (Å²) in [5.74, 6) is 0.782. The zero-order valence-corrected chi connectivity index (χ0v) is 11.5. The molecule has 19 heavy (non-hydrogen) atoms. The smallest absolute Gasteiger partial charge is 0.119 e. The van der Waals surface area contributed by atoms with Crippen LogP contribution in [0, 0.1) is 6.92 Å². The zero-order chi connectivity index (χ0) is 13.7. The van der Waals surface area contributed by atoms with E-state index in [0.717, 1.165) is 5.75 Å². The third-order valence-electron chi connectivity index (χ3n) is 3.36. The first-order chi connectivity index (χ1) is 9.19. The van der Waals surface area contributed by atoms with Gasteiger partial charge in [-0.2, -0.15) is 0 Å². The first-order valence-corrected chi connectivity index (χ1v) is 6.91. The van der Waals surface area contributed by atoms with Crippen molar-refractivity contribution in [3.8, 4) is 5.75 Å². The quantitative estimate of drug-likeness (QED) is 0.741. The highest BCUT2D eigenvalue weighted by Crippen LogP contribution is 2.26.